The predicted octanol–water partition coefficient (Wildman–Crippen LogP) is 2.64. The van der Waals surface area contributed by atoms with Gasteiger partial charge in [0, 0.05) is 12.2 Å². The molecule has 3 unspecified atom stereocenters. The number of aryl methyl sites for hydroxylation is 1. The molecule has 4 heteroatoms. The lowest BCUT2D eigenvalue weighted by atomic mass is 9.77. The first-order valence-corrected chi connectivity index (χ1v) is 7.71. The lowest BCUT2D eigenvalue weighted by molar-refractivity contribution is -0.119. The minimum Gasteiger partial charge on any atom is -0.323 e. The van der Waals surface area contributed by atoms with Crippen molar-refractivity contribution in [2.75, 3.05) is 5.32 Å². The van der Waals surface area contributed by atoms with Crippen molar-refractivity contribution in [1.29, 1.82) is 0 Å². The highest BCUT2D eigenvalue weighted by Gasteiger charge is 2.34. The highest BCUT2D eigenvalue weighted by Crippen LogP contribution is 2.32. The van der Waals surface area contributed by atoms with Crippen LogP contribution in [0.5, 0.6) is 0 Å². The molecule has 2 N–H and O–H groups in total. The molecule has 2 aliphatic rings. The summed E-state index contributed by atoms with van der Waals surface area (Å²) in [7, 11) is 0. The molecule has 2 fully saturated rings. The van der Waals surface area contributed by atoms with E-state index in [1.165, 1.54) is 32.1 Å². The van der Waals surface area contributed by atoms with Crippen LogP contribution in [0.1, 0.15) is 44.1 Å². The van der Waals surface area contributed by atoms with Gasteiger partial charge in [-0.25, -0.2) is 0 Å². The summed E-state index contributed by atoms with van der Waals surface area (Å²) in [5, 5.41) is 6.57. The normalized spacial score (nSPS) is 29.6. The maximum atomic E-state index is 12.4. The van der Waals surface area contributed by atoms with E-state index in [2.05, 4.69) is 15.6 Å². The van der Waals surface area contributed by atoms with E-state index in [9.17, 15) is 4.79 Å². The third kappa shape index (κ3) is 2.85. The Labute approximate surface area is 120 Å². The van der Waals surface area contributed by atoms with Crippen molar-refractivity contribution in [3.63, 3.8) is 0 Å². The van der Waals surface area contributed by atoms with Gasteiger partial charge in [-0.3, -0.25) is 9.78 Å². The van der Waals surface area contributed by atoms with Gasteiger partial charge in [0.15, 0.2) is 0 Å². The molecule has 1 saturated heterocycles. The maximum absolute atomic E-state index is 12.4. The van der Waals surface area contributed by atoms with E-state index >= 15 is 0 Å². The zero-order valence-electron chi connectivity index (χ0n) is 12.1. The zero-order valence-corrected chi connectivity index (χ0v) is 12.1. The number of amides is 1. The average molecular weight is 273 g/mol. The number of carbonyl (C=O) groups excluding carboxylic acids is 1. The Morgan fingerprint density at radius 1 is 1.30 bits per heavy atom. The van der Waals surface area contributed by atoms with Gasteiger partial charge in [-0.1, -0.05) is 12.8 Å². The number of hydrogen-bond acceptors (Lipinski definition) is 3. The molecule has 1 aliphatic carbocycles. The van der Waals surface area contributed by atoms with Gasteiger partial charge in [-0.05, 0) is 50.2 Å². The van der Waals surface area contributed by atoms with Crippen LogP contribution in [0.25, 0.3) is 0 Å². The average Bonchev–Trinajstić information content (AvgIpc) is 2.49. The number of nitrogens with zero attached hydrogens (tertiary/aromatic N) is 1. The van der Waals surface area contributed by atoms with Crippen LogP contribution in [0.4, 0.5) is 5.69 Å². The summed E-state index contributed by atoms with van der Waals surface area (Å²) < 4.78 is 0. The van der Waals surface area contributed by atoms with Crippen molar-refractivity contribution in [2.45, 2.75) is 57.5 Å². The first-order valence-electron chi connectivity index (χ1n) is 7.71. The van der Waals surface area contributed by atoms with E-state index in [0.717, 1.165) is 23.6 Å². The standard InChI is InChI=1S/C16H23N3O/c1-11-8-9-17-10-15(11)19-16(20)14-7-6-12-4-2-3-5-13(12)18-14/h8-10,12-14,18H,2-7H2,1H3,(H,19,20). The van der Waals surface area contributed by atoms with Crippen LogP contribution in [0.2, 0.25) is 0 Å². The molecule has 1 amide bonds. The molecule has 0 spiro atoms. The van der Waals surface area contributed by atoms with Crippen LogP contribution < -0.4 is 10.6 Å². The second-order valence-corrected chi connectivity index (χ2v) is 6.13. The van der Waals surface area contributed by atoms with Crippen LogP contribution in [0, 0.1) is 12.8 Å². The Hall–Kier alpha value is -1.42. The Kier molecular flexibility index (Phi) is 4.01. The molecule has 2 heterocycles. The fourth-order valence-electron chi connectivity index (χ4n) is 3.52. The van der Waals surface area contributed by atoms with Gasteiger partial charge in [0.25, 0.3) is 0 Å². The Balaban J connectivity index is 1.62. The molecule has 108 valence electrons. The summed E-state index contributed by atoms with van der Waals surface area (Å²) in [6.45, 7) is 1.99. The molecule has 0 bridgehead atoms. The van der Waals surface area contributed by atoms with E-state index in [1.54, 1.807) is 12.4 Å². The van der Waals surface area contributed by atoms with Gasteiger partial charge < -0.3 is 10.6 Å². The predicted molar refractivity (Wildman–Crippen MR) is 79.5 cm³/mol. The van der Waals surface area contributed by atoms with Gasteiger partial charge in [0.1, 0.15) is 0 Å². The number of anilines is 1. The summed E-state index contributed by atoms with van der Waals surface area (Å²) in [4.78, 5) is 16.5. The fourth-order valence-corrected chi connectivity index (χ4v) is 3.52. The van der Waals surface area contributed by atoms with Gasteiger partial charge in [0.05, 0.1) is 17.9 Å². The highest BCUT2D eigenvalue weighted by atomic mass is 16.2. The lowest BCUT2D eigenvalue weighted by Gasteiger charge is -2.39. The van der Waals surface area contributed by atoms with E-state index in [-0.39, 0.29) is 11.9 Å². The quantitative estimate of drug-likeness (QED) is 0.871. The Bertz CT molecular complexity index is 488. The molecule has 1 aromatic heterocycles. The van der Waals surface area contributed by atoms with Crippen LogP contribution in [0.15, 0.2) is 18.5 Å². The van der Waals surface area contributed by atoms with Crippen LogP contribution in [-0.4, -0.2) is 23.0 Å². The minimum atomic E-state index is -0.0473. The van der Waals surface area contributed by atoms with Crippen LogP contribution >= 0.6 is 0 Å². The molecular weight excluding hydrogens is 250 g/mol. The second-order valence-electron chi connectivity index (χ2n) is 6.13. The minimum absolute atomic E-state index is 0.0473. The van der Waals surface area contributed by atoms with E-state index < -0.39 is 0 Å². The van der Waals surface area contributed by atoms with Gasteiger partial charge in [0.2, 0.25) is 5.91 Å². The first kappa shape index (κ1) is 13.6. The first-order chi connectivity index (χ1) is 9.74. The number of carbonyl (C=O) groups is 1. The molecule has 20 heavy (non-hydrogen) atoms. The lowest BCUT2D eigenvalue weighted by Crippen LogP contribution is -2.53. The van der Waals surface area contributed by atoms with Crippen molar-refractivity contribution in [2.24, 2.45) is 5.92 Å². The van der Waals surface area contributed by atoms with E-state index in [4.69, 9.17) is 0 Å². The third-order valence-corrected chi connectivity index (χ3v) is 4.76. The van der Waals surface area contributed by atoms with E-state index in [0.29, 0.717) is 6.04 Å². The molecule has 4 nitrogen and oxygen atoms in total. The number of nitrogens with one attached hydrogen (secondary N) is 2. The van der Waals surface area contributed by atoms with Crippen molar-refractivity contribution in [3.8, 4) is 0 Å². The van der Waals surface area contributed by atoms with Crippen molar-refractivity contribution in [3.05, 3.63) is 24.0 Å². The van der Waals surface area contributed by atoms with Crippen LogP contribution in [-0.2, 0) is 4.79 Å². The summed E-state index contributed by atoms with van der Waals surface area (Å²) in [6.07, 6.45) is 10.8. The summed E-state index contributed by atoms with van der Waals surface area (Å²) in [5.41, 5.74) is 1.88. The van der Waals surface area contributed by atoms with Crippen LogP contribution in [0.3, 0.4) is 0 Å². The summed E-state index contributed by atoms with van der Waals surface area (Å²) in [6, 6.07) is 2.42. The number of piperidine rings is 1. The van der Waals surface area contributed by atoms with Gasteiger partial charge >= 0.3 is 0 Å². The van der Waals surface area contributed by atoms with E-state index in [1.807, 2.05) is 13.0 Å². The second kappa shape index (κ2) is 5.92. The third-order valence-electron chi connectivity index (χ3n) is 4.76. The molecule has 0 radical (unpaired) electrons. The van der Waals surface area contributed by atoms with Crippen molar-refractivity contribution < 1.29 is 4.79 Å². The zero-order chi connectivity index (χ0) is 13.9. The SMILES string of the molecule is Cc1ccncc1NC(=O)C1CCC2CCCCC2N1. The van der Waals surface area contributed by atoms with Gasteiger partial charge in [-0.2, -0.15) is 0 Å². The van der Waals surface area contributed by atoms with Crippen molar-refractivity contribution >= 4 is 11.6 Å². The number of hydrogen-bond donors (Lipinski definition) is 2. The Morgan fingerprint density at radius 2 is 2.15 bits per heavy atom. The molecule has 3 rings (SSSR count). The molecule has 1 aromatic rings. The fraction of sp³-hybridized carbons (Fsp3) is 0.625. The number of pyridine rings is 1. The smallest absolute Gasteiger partial charge is 0.241 e. The monoisotopic (exact) mass is 273 g/mol. The Morgan fingerprint density at radius 3 is 3.00 bits per heavy atom. The number of fused-ring (bicyclic) bond motifs is 1. The summed E-state index contributed by atoms with van der Waals surface area (Å²) in [5.74, 6) is 0.873. The van der Waals surface area contributed by atoms with Crippen molar-refractivity contribution in [1.82, 2.24) is 10.3 Å². The molecule has 0 aromatic carbocycles. The molecule has 1 saturated carbocycles. The maximum Gasteiger partial charge on any atom is 0.241 e. The van der Waals surface area contributed by atoms with Gasteiger partial charge in [-0.15, -0.1) is 0 Å². The largest absolute Gasteiger partial charge is 0.323 e. The number of rotatable bonds is 2. The molecule has 3 atom stereocenters. The topological polar surface area (TPSA) is 54.0 Å². The molecule has 1 aliphatic heterocycles. The highest BCUT2D eigenvalue weighted by molar-refractivity contribution is 5.95. The molecular formula is C16H23N3O. The summed E-state index contributed by atoms with van der Waals surface area (Å²) >= 11 is 0. The number of aromatic nitrogens is 1.